The molecule has 0 N–H and O–H groups in total. The zero-order valence-corrected chi connectivity index (χ0v) is 9.17. The van der Waals surface area contributed by atoms with Crippen molar-refractivity contribution in [3.63, 3.8) is 0 Å². The molecule has 1 unspecified atom stereocenters. The fourth-order valence-corrected chi connectivity index (χ4v) is 1.26. The Bertz CT molecular complexity index is 153. The van der Waals surface area contributed by atoms with Crippen molar-refractivity contribution in [2.24, 2.45) is 0 Å². The van der Waals surface area contributed by atoms with Crippen molar-refractivity contribution < 1.29 is 9.47 Å². The number of likely N-dealkylation sites (N-methyl/N-ethyl adjacent to an activating group) is 1. The van der Waals surface area contributed by atoms with Gasteiger partial charge in [0.15, 0.2) is 0 Å². The van der Waals surface area contributed by atoms with Crippen LogP contribution in [-0.4, -0.2) is 50.0 Å². The SMILES string of the molecule is CN1CCOCC1COC(C)(C)C. The van der Waals surface area contributed by atoms with Crippen LogP contribution in [0.4, 0.5) is 0 Å². The van der Waals surface area contributed by atoms with Gasteiger partial charge < -0.3 is 9.47 Å². The number of nitrogens with zero attached hydrogens (tertiary/aromatic N) is 1. The van der Waals surface area contributed by atoms with Crippen molar-refractivity contribution in [2.75, 3.05) is 33.4 Å². The van der Waals surface area contributed by atoms with E-state index in [-0.39, 0.29) is 5.60 Å². The van der Waals surface area contributed by atoms with Crippen molar-refractivity contribution in [3.05, 3.63) is 0 Å². The van der Waals surface area contributed by atoms with E-state index >= 15 is 0 Å². The van der Waals surface area contributed by atoms with Gasteiger partial charge in [0.2, 0.25) is 0 Å². The molecule has 1 aliphatic rings. The molecule has 1 atom stereocenters. The van der Waals surface area contributed by atoms with Gasteiger partial charge in [-0.3, -0.25) is 4.90 Å². The van der Waals surface area contributed by atoms with Crippen LogP contribution in [-0.2, 0) is 9.47 Å². The Labute approximate surface area is 81.0 Å². The quantitative estimate of drug-likeness (QED) is 0.647. The molecule has 1 heterocycles. The summed E-state index contributed by atoms with van der Waals surface area (Å²) in [7, 11) is 2.12. The smallest absolute Gasteiger partial charge is 0.0651 e. The van der Waals surface area contributed by atoms with Crippen LogP contribution >= 0.6 is 0 Å². The molecule has 0 bridgehead atoms. The molecule has 0 aliphatic carbocycles. The van der Waals surface area contributed by atoms with E-state index in [0.717, 1.165) is 26.4 Å². The highest BCUT2D eigenvalue weighted by Crippen LogP contribution is 2.11. The second-order valence-corrected chi connectivity index (χ2v) is 4.63. The van der Waals surface area contributed by atoms with Gasteiger partial charge in [-0.1, -0.05) is 0 Å². The summed E-state index contributed by atoms with van der Waals surface area (Å²) in [6.45, 7) is 9.66. The summed E-state index contributed by atoms with van der Waals surface area (Å²) in [6, 6.07) is 0.424. The van der Waals surface area contributed by atoms with Gasteiger partial charge in [0.1, 0.15) is 0 Å². The van der Waals surface area contributed by atoms with Crippen molar-refractivity contribution in [1.29, 1.82) is 0 Å². The minimum Gasteiger partial charge on any atom is -0.378 e. The minimum absolute atomic E-state index is 0.0434. The van der Waals surface area contributed by atoms with Crippen LogP contribution in [0.15, 0.2) is 0 Å². The molecule has 3 heteroatoms. The fourth-order valence-electron chi connectivity index (χ4n) is 1.26. The highest BCUT2D eigenvalue weighted by Gasteiger charge is 2.21. The third-order valence-electron chi connectivity index (χ3n) is 2.23. The second-order valence-electron chi connectivity index (χ2n) is 4.63. The van der Waals surface area contributed by atoms with Gasteiger partial charge in [0.05, 0.1) is 31.5 Å². The normalized spacial score (nSPS) is 26.3. The topological polar surface area (TPSA) is 21.7 Å². The summed E-state index contributed by atoms with van der Waals surface area (Å²) in [4.78, 5) is 2.30. The number of hydrogen-bond acceptors (Lipinski definition) is 3. The Hall–Kier alpha value is -0.120. The summed E-state index contributed by atoms with van der Waals surface area (Å²) < 4.78 is 11.1. The maximum absolute atomic E-state index is 5.72. The molecule has 13 heavy (non-hydrogen) atoms. The van der Waals surface area contributed by atoms with E-state index in [1.54, 1.807) is 0 Å². The van der Waals surface area contributed by atoms with Crippen LogP contribution in [0, 0.1) is 0 Å². The highest BCUT2D eigenvalue weighted by atomic mass is 16.5. The molecule has 0 aromatic rings. The standard InChI is InChI=1S/C10H21NO2/c1-10(2,3)13-8-9-7-12-6-5-11(9)4/h9H,5-8H2,1-4H3. The molecule has 1 saturated heterocycles. The van der Waals surface area contributed by atoms with E-state index in [1.807, 2.05) is 0 Å². The first-order valence-electron chi connectivity index (χ1n) is 4.91. The van der Waals surface area contributed by atoms with Gasteiger partial charge in [-0.25, -0.2) is 0 Å². The Kier molecular flexibility index (Phi) is 3.71. The lowest BCUT2D eigenvalue weighted by molar-refractivity contribution is -0.0729. The van der Waals surface area contributed by atoms with Gasteiger partial charge in [0.25, 0.3) is 0 Å². The summed E-state index contributed by atoms with van der Waals surface area (Å²) in [6.07, 6.45) is 0. The minimum atomic E-state index is -0.0434. The van der Waals surface area contributed by atoms with Crippen molar-refractivity contribution in [2.45, 2.75) is 32.4 Å². The molecular weight excluding hydrogens is 166 g/mol. The van der Waals surface area contributed by atoms with E-state index in [0.29, 0.717) is 6.04 Å². The molecule has 3 nitrogen and oxygen atoms in total. The zero-order chi connectivity index (χ0) is 9.90. The van der Waals surface area contributed by atoms with Crippen LogP contribution in [0.1, 0.15) is 20.8 Å². The fraction of sp³-hybridized carbons (Fsp3) is 1.00. The lowest BCUT2D eigenvalue weighted by Crippen LogP contribution is -2.46. The Balaban J connectivity index is 2.27. The van der Waals surface area contributed by atoms with E-state index in [4.69, 9.17) is 9.47 Å². The molecular formula is C10H21NO2. The Morgan fingerprint density at radius 1 is 1.46 bits per heavy atom. The van der Waals surface area contributed by atoms with Gasteiger partial charge in [0, 0.05) is 6.54 Å². The first kappa shape index (κ1) is 11.0. The van der Waals surface area contributed by atoms with Gasteiger partial charge >= 0.3 is 0 Å². The largest absolute Gasteiger partial charge is 0.378 e. The number of morpholine rings is 1. The van der Waals surface area contributed by atoms with Gasteiger partial charge in [-0.05, 0) is 27.8 Å². The van der Waals surface area contributed by atoms with E-state index in [1.165, 1.54) is 0 Å². The predicted molar refractivity (Wildman–Crippen MR) is 52.9 cm³/mol. The predicted octanol–water partition coefficient (Wildman–Crippen LogP) is 1.13. The van der Waals surface area contributed by atoms with E-state index < -0.39 is 0 Å². The molecule has 0 saturated carbocycles. The van der Waals surface area contributed by atoms with E-state index in [2.05, 4.69) is 32.7 Å². The summed E-state index contributed by atoms with van der Waals surface area (Å²) >= 11 is 0. The Morgan fingerprint density at radius 2 is 2.15 bits per heavy atom. The summed E-state index contributed by atoms with van der Waals surface area (Å²) in [5.41, 5.74) is -0.0434. The molecule has 0 amide bonds. The zero-order valence-electron chi connectivity index (χ0n) is 9.17. The van der Waals surface area contributed by atoms with Crippen LogP contribution in [0.5, 0.6) is 0 Å². The number of rotatable bonds is 2. The third-order valence-corrected chi connectivity index (χ3v) is 2.23. The molecule has 1 aliphatic heterocycles. The number of hydrogen-bond donors (Lipinski definition) is 0. The van der Waals surface area contributed by atoms with Gasteiger partial charge in [-0.15, -0.1) is 0 Å². The average Bonchev–Trinajstić information content (AvgIpc) is 2.01. The molecule has 0 aromatic carbocycles. The Morgan fingerprint density at radius 3 is 2.69 bits per heavy atom. The first-order chi connectivity index (χ1) is 5.99. The molecule has 0 aromatic heterocycles. The van der Waals surface area contributed by atoms with Crippen LogP contribution in [0.3, 0.4) is 0 Å². The van der Waals surface area contributed by atoms with Crippen LogP contribution in [0.2, 0.25) is 0 Å². The second kappa shape index (κ2) is 4.40. The molecule has 1 fully saturated rings. The van der Waals surface area contributed by atoms with Gasteiger partial charge in [-0.2, -0.15) is 0 Å². The molecule has 0 spiro atoms. The monoisotopic (exact) mass is 187 g/mol. The molecule has 0 radical (unpaired) electrons. The average molecular weight is 187 g/mol. The molecule has 78 valence electrons. The van der Waals surface area contributed by atoms with Crippen LogP contribution in [0.25, 0.3) is 0 Å². The highest BCUT2D eigenvalue weighted by molar-refractivity contribution is 4.73. The van der Waals surface area contributed by atoms with Crippen molar-refractivity contribution in [1.82, 2.24) is 4.90 Å². The summed E-state index contributed by atoms with van der Waals surface area (Å²) in [5.74, 6) is 0. The lowest BCUT2D eigenvalue weighted by atomic mass is 10.2. The third kappa shape index (κ3) is 4.07. The maximum Gasteiger partial charge on any atom is 0.0651 e. The summed E-state index contributed by atoms with van der Waals surface area (Å²) in [5, 5.41) is 0. The number of ether oxygens (including phenoxy) is 2. The van der Waals surface area contributed by atoms with Crippen molar-refractivity contribution in [3.8, 4) is 0 Å². The first-order valence-corrected chi connectivity index (χ1v) is 4.91. The van der Waals surface area contributed by atoms with Crippen LogP contribution < -0.4 is 0 Å². The van der Waals surface area contributed by atoms with E-state index in [9.17, 15) is 0 Å². The lowest BCUT2D eigenvalue weighted by Gasteiger charge is -2.34. The van der Waals surface area contributed by atoms with Crippen molar-refractivity contribution >= 4 is 0 Å². The molecule has 1 rings (SSSR count). The maximum atomic E-state index is 5.72.